The first kappa shape index (κ1) is 13.5. The van der Waals surface area contributed by atoms with Crippen molar-refractivity contribution in [1.82, 2.24) is 10.3 Å². The summed E-state index contributed by atoms with van der Waals surface area (Å²) >= 11 is 0. The molecule has 5 heteroatoms. The third-order valence-corrected chi connectivity index (χ3v) is 3.91. The fourth-order valence-electron chi connectivity index (χ4n) is 2.84. The van der Waals surface area contributed by atoms with Crippen LogP contribution in [0.3, 0.4) is 0 Å². The molecule has 4 rings (SSSR count). The number of hydrogen-bond donors (Lipinski definition) is 1. The molecule has 3 aromatic carbocycles. The molecule has 0 aromatic heterocycles. The maximum atomic E-state index is 11.6. The van der Waals surface area contributed by atoms with Gasteiger partial charge in [-0.2, -0.15) is 5.10 Å². The standard InChI is InChI=1S/C18H13N3O2/c22-17-11-21(18(23)20-17)19-10-16-14-7-3-1-5-12(14)9-13-6-2-4-8-15(13)16/h1-10H,11H2,(H,20,22,23)/b19-10-. The Hall–Kier alpha value is -3.21. The molecule has 3 aromatic rings. The van der Waals surface area contributed by atoms with E-state index in [0.717, 1.165) is 32.1 Å². The summed E-state index contributed by atoms with van der Waals surface area (Å²) in [6.07, 6.45) is 1.66. The number of carbonyl (C=O) groups excluding carboxylic acids is 2. The largest absolute Gasteiger partial charge is 0.344 e. The van der Waals surface area contributed by atoms with Crippen LogP contribution >= 0.6 is 0 Å². The number of hydrazone groups is 1. The van der Waals surface area contributed by atoms with Gasteiger partial charge in [0.1, 0.15) is 6.54 Å². The summed E-state index contributed by atoms with van der Waals surface area (Å²) in [4.78, 5) is 22.9. The predicted molar refractivity (Wildman–Crippen MR) is 89.3 cm³/mol. The molecule has 0 aliphatic carbocycles. The second-order valence-electron chi connectivity index (χ2n) is 5.39. The molecule has 5 nitrogen and oxygen atoms in total. The van der Waals surface area contributed by atoms with Crippen molar-refractivity contribution in [1.29, 1.82) is 0 Å². The summed E-state index contributed by atoms with van der Waals surface area (Å²) in [5.41, 5.74) is 0.936. The Labute approximate surface area is 132 Å². The number of benzene rings is 3. The van der Waals surface area contributed by atoms with E-state index in [1.54, 1.807) is 6.21 Å². The van der Waals surface area contributed by atoms with Crippen LogP contribution in [0.25, 0.3) is 21.5 Å². The number of hydrogen-bond acceptors (Lipinski definition) is 3. The molecule has 1 saturated heterocycles. The van der Waals surface area contributed by atoms with Crippen molar-refractivity contribution in [2.75, 3.05) is 6.54 Å². The van der Waals surface area contributed by atoms with Gasteiger partial charge in [-0.05, 0) is 27.6 Å². The first-order valence-electron chi connectivity index (χ1n) is 7.28. The molecule has 0 unspecified atom stereocenters. The highest BCUT2D eigenvalue weighted by Crippen LogP contribution is 2.27. The lowest BCUT2D eigenvalue weighted by Gasteiger charge is -2.09. The molecule has 3 amide bonds. The predicted octanol–water partition coefficient (Wildman–Crippen LogP) is 2.88. The first-order valence-corrected chi connectivity index (χ1v) is 7.28. The average molecular weight is 303 g/mol. The summed E-state index contributed by atoms with van der Waals surface area (Å²) in [5.74, 6) is -0.338. The Kier molecular flexibility index (Phi) is 3.05. The van der Waals surface area contributed by atoms with Crippen molar-refractivity contribution >= 4 is 39.7 Å². The van der Waals surface area contributed by atoms with Gasteiger partial charge in [0, 0.05) is 5.56 Å². The molecule has 0 spiro atoms. The van der Waals surface area contributed by atoms with E-state index in [0.29, 0.717) is 0 Å². The molecular weight excluding hydrogens is 290 g/mol. The molecule has 0 atom stereocenters. The average Bonchev–Trinajstić information content (AvgIpc) is 2.89. The van der Waals surface area contributed by atoms with Gasteiger partial charge in [0.2, 0.25) is 5.91 Å². The van der Waals surface area contributed by atoms with Gasteiger partial charge < -0.3 is 0 Å². The Morgan fingerprint density at radius 1 is 0.957 bits per heavy atom. The molecule has 0 radical (unpaired) electrons. The van der Waals surface area contributed by atoms with Crippen LogP contribution in [-0.2, 0) is 4.79 Å². The number of amides is 3. The summed E-state index contributed by atoms with van der Waals surface area (Å²) < 4.78 is 0. The molecular formula is C18H13N3O2. The van der Waals surface area contributed by atoms with Gasteiger partial charge in [0.25, 0.3) is 0 Å². The molecule has 1 heterocycles. The Bertz CT molecular complexity index is 924. The number of imide groups is 1. The van der Waals surface area contributed by atoms with Crippen LogP contribution in [0, 0.1) is 0 Å². The third kappa shape index (κ3) is 2.32. The van der Waals surface area contributed by atoms with Crippen molar-refractivity contribution in [2.24, 2.45) is 5.10 Å². The van der Waals surface area contributed by atoms with Crippen LogP contribution in [-0.4, -0.2) is 29.7 Å². The number of nitrogens with one attached hydrogen (secondary N) is 1. The third-order valence-electron chi connectivity index (χ3n) is 3.91. The number of fused-ring (bicyclic) bond motifs is 2. The Morgan fingerprint density at radius 2 is 1.57 bits per heavy atom. The zero-order valence-electron chi connectivity index (χ0n) is 12.2. The van der Waals surface area contributed by atoms with Gasteiger partial charge in [-0.15, -0.1) is 0 Å². The molecule has 1 fully saturated rings. The summed E-state index contributed by atoms with van der Waals surface area (Å²) in [6, 6.07) is 17.7. The second kappa shape index (κ2) is 5.21. The monoisotopic (exact) mass is 303 g/mol. The van der Waals surface area contributed by atoms with Crippen LogP contribution in [0.4, 0.5) is 4.79 Å². The summed E-state index contributed by atoms with van der Waals surface area (Å²) in [5, 5.41) is 11.9. The van der Waals surface area contributed by atoms with E-state index in [-0.39, 0.29) is 12.5 Å². The molecule has 1 aliphatic heterocycles. The van der Waals surface area contributed by atoms with E-state index >= 15 is 0 Å². The second-order valence-corrected chi connectivity index (χ2v) is 5.39. The van der Waals surface area contributed by atoms with Crippen LogP contribution < -0.4 is 5.32 Å². The summed E-state index contributed by atoms with van der Waals surface area (Å²) in [7, 11) is 0. The van der Waals surface area contributed by atoms with Crippen molar-refractivity contribution < 1.29 is 9.59 Å². The zero-order valence-corrected chi connectivity index (χ0v) is 12.2. The van der Waals surface area contributed by atoms with E-state index in [1.165, 1.54) is 0 Å². The van der Waals surface area contributed by atoms with Gasteiger partial charge in [-0.3, -0.25) is 10.1 Å². The smallest absolute Gasteiger partial charge is 0.275 e. The maximum Gasteiger partial charge on any atom is 0.344 e. The minimum absolute atomic E-state index is 0.0436. The van der Waals surface area contributed by atoms with Crippen molar-refractivity contribution in [3.8, 4) is 0 Å². The molecule has 0 bridgehead atoms. The first-order chi connectivity index (χ1) is 11.2. The van der Waals surface area contributed by atoms with E-state index in [9.17, 15) is 9.59 Å². The molecule has 1 N–H and O–H groups in total. The van der Waals surface area contributed by atoms with Crippen molar-refractivity contribution in [2.45, 2.75) is 0 Å². The van der Waals surface area contributed by atoms with Crippen molar-refractivity contribution in [3.05, 3.63) is 60.2 Å². The number of rotatable bonds is 2. The highest BCUT2D eigenvalue weighted by Gasteiger charge is 2.26. The van der Waals surface area contributed by atoms with Crippen LogP contribution in [0.1, 0.15) is 5.56 Å². The molecule has 23 heavy (non-hydrogen) atoms. The van der Waals surface area contributed by atoms with E-state index in [2.05, 4.69) is 16.5 Å². The topological polar surface area (TPSA) is 61.8 Å². The quantitative estimate of drug-likeness (QED) is 0.449. The molecule has 0 saturated carbocycles. The van der Waals surface area contributed by atoms with Crippen molar-refractivity contribution in [3.63, 3.8) is 0 Å². The van der Waals surface area contributed by atoms with Crippen LogP contribution in [0.2, 0.25) is 0 Å². The fraction of sp³-hybridized carbons (Fsp3) is 0.0556. The number of urea groups is 1. The van der Waals surface area contributed by atoms with Gasteiger partial charge in [0.15, 0.2) is 0 Å². The lowest BCUT2D eigenvalue weighted by molar-refractivity contribution is -0.118. The molecule has 112 valence electrons. The fourth-order valence-corrected chi connectivity index (χ4v) is 2.84. The Balaban J connectivity index is 1.89. The SMILES string of the molecule is O=C1CN(/N=C\c2c3ccccc3cc3ccccc23)C(=O)N1. The highest BCUT2D eigenvalue weighted by atomic mass is 16.2. The normalized spacial score (nSPS) is 15.0. The van der Waals surface area contributed by atoms with Gasteiger partial charge in [-0.1, -0.05) is 48.5 Å². The van der Waals surface area contributed by atoms with E-state index in [4.69, 9.17) is 0 Å². The van der Waals surface area contributed by atoms with Crippen LogP contribution in [0.5, 0.6) is 0 Å². The zero-order chi connectivity index (χ0) is 15.8. The van der Waals surface area contributed by atoms with Gasteiger partial charge in [-0.25, -0.2) is 9.80 Å². The van der Waals surface area contributed by atoms with Crippen LogP contribution in [0.15, 0.2) is 59.7 Å². The maximum absolute atomic E-state index is 11.6. The summed E-state index contributed by atoms with van der Waals surface area (Å²) in [6.45, 7) is -0.0436. The number of nitrogens with zero attached hydrogens (tertiary/aromatic N) is 2. The lowest BCUT2D eigenvalue weighted by Crippen LogP contribution is -2.24. The highest BCUT2D eigenvalue weighted by molar-refractivity contribution is 6.13. The van der Waals surface area contributed by atoms with E-state index < -0.39 is 6.03 Å². The molecule has 1 aliphatic rings. The minimum atomic E-state index is -0.490. The minimum Gasteiger partial charge on any atom is -0.275 e. The lowest BCUT2D eigenvalue weighted by atomic mass is 9.97. The van der Waals surface area contributed by atoms with Gasteiger partial charge >= 0.3 is 6.03 Å². The Morgan fingerprint density at radius 3 is 2.13 bits per heavy atom. The number of carbonyl (C=O) groups is 2. The van der Waals surface area contributed by atoms with E-state index in [1.807, 2.05) is 48.5 Å². The van der Waals surface area contributed by atoms with Gasteiger partial charge in [0.05, 0.1) is 6.21 Å².